The van der Waals surface area contributed by atoms with Crippen molar-refractivity contribution in [3.63, 3.8) is 0 Å². The molecule has 0 saturated heterocycles. The van der Waals surface area contributed by atoms with Crippen LogP contribution in [0.25, 0.3) is 0 Å². The summed E-state index contributed by atoms with van der Waals surface area (Å²) in [4.78, 5) is 24.7. The van der Waals surface area contributed by atoms with Crippen molar-refractivity contribution < 1.29 is 27.7 Å². The topological polar surface area (TPSA) is 62.6 Å². The number of hydrogen-bond donors (Lipinski definition) is 3. The predicted octanol–water partition coefficient (Wildman–Crippen LogP) is 2.76. The molecule has 2 aromatic carbocycles. The summed E-state index contributed by atoms with van der Waals surface area (Å²) in [7, 11) is 1.64. The third-order valence-electron chi connectivity index (χ3n) is 3.82. The molecule has 2 aromatic rings. The standard InChI is InChI=1S/C19H19ClF3N3O2/c1-12-3-5-13(6-4-12)24-17(27)10-26(2)11-18(28)25-14-7-8-16(20)15(9-14)19(21,22)23/h3-9H,10-11H2,1-2H3,(H,24,27)(H,25,28)/p+1. The van der Waals surface area contributed by atoms with Crippen molar-refractivity contribution in [3.05, 3.63) is 58.6 Å². The Morgan fingerprint density at radius 3 is 2.00 bits per heavy atom. The third-order valence-corrected chi connectivity index (χ3v) is 4.15. The van der Waals surface area contributed by atoms with E-state index >= 15 is 0 Å². The maximum absolute atomic E-state index is 12.9. The SMILES string of the molecule is Cc1ccc(NC(=O)C[NH+](C)CC(=O)Nc2ccc(Cl)c(C(F)(F)F)c2)cc1. The molecule has 0 fully saturated rings. The Bertz CT molecular complexity index is 854. The Hall–Kier alpha value is -2.58. The van der Waals surface area contributed by atoms with Gasteiger partial charge in [-0.2, -0.15) is 13.2 Å². The Morgan fingerprint density at radius 2 is 1.46 bits per heavy atom. The van der Waals surface area contributed by atoms with E-state index in [-0.39, 0.29) is 24.7 Å². The number of hydrogen-bond acceptors (Lipinski definition) is 2. The van der Waals surface area contributed by atoms with E-state index in [4.69, 9.17) is 11.6 Å². The van der Waals surface area contributed by atoms with Crippen LogP contribution in [0.5, 0.6) is 0 Å². The second kappa shape index (κ2) is 9.07. The number of likely N-dealkylation sites (N-methyl/N-ethyl adjacent to an activating group) is 1. The minimum atomic E-state index is -4.62. The number of alkyl halides is 3. The van der Waals surface area contributed by atoms with Crippen LogP contribution in [0.4, 0.5) is 24.5 Å². The molecule has 28 heavy (non-hydrogen) atoms. The first kappa shape index (κ1) is 21.7. The molecule has 2 rings (SSSR count). The molecule has 1 atom stereocenters. The van der Waals surface area contributed by atoms with Gasteiger partial charge in [-0.25, -0.2) is 0 Å². The molecule has 0 radical (unpaired) electrons. The van der Waals surface area contributed by atoms with Crippen LogP contribution in [0.3, 0.4) is 0 Å². The van der Waals surface area contributed by atoms with Gasteiger partial charge in [0.05, 0.1) is 17.6 Å². The molecular weight excluding hydrogens is 395 g/mol. The van der Waals surface area contributed by atoms with Gasteiger partial charge >= 0.3 is 6.18 Å². The molecule has 0 spiro atoms. The molecule has 0 bridgehead atoms. The number of rotatable bonds is 6. The number of carbonyl (C=O) groups is 2. The highest BCUT2D eigenvalue weighted by Crippen LogP contribution is 2.36. The van der Waals surface area contributed by atoms with E-state index in [1.165, 1.54) is 6.07 Å². The van der Waals surface area contributed by atoms with Crippen LogP contribution in [0.2, 0.25) is 5.02 Å². The van der Waals surface area contributed by atoms with Crippen molar-refractivity contribution in [1.82, 2.24) is 0 Å². The van der Waals surface area contributed by atoms with E-state index in [0.717, 1.165) is 17.7 Å². The average Bonchev–Trinajstić information content (AvgIpc) is 2.57. The summed E-state index contributed by atoms with van der Waals surface area (Å²) in [5.41, 5.74) is 0.672. The molecule has 3 N–H and O–H groups in total. The summed E-state index contributed by atoms with van der Waals surface area (Å²) in [6, 6.07) is 10.4. The maximum Gasteiger partial charge on any atom is 0.417 e. The maximum atomic E-state index is 12.9. The molecule has 1 unspecified atom stereocenters. The molecule has 2 amide bonds. The largest absolute Gasteiger partial charge is 0.417 e. The zero-order valence-corrected chi connectivity index (χ0v) is 16.0. The Labute approximate surface area is 165 Å². The van der Waals surface area contributed by atoms with Gasteiger partial charge in [-0.05, 0) is 37.3 Å². The van der Waals surface area contributed by atoms with Crippen LogP contribution in [0.1, 0.15) is 11.1 Å². The lowest BCUT2D eigenvalue weighted by Crippen LogP contribution is -3.11. The molecular formula is C19H20ClF3N3O2+. The van der Waals surface area contributed by atoms with Crippen LogP contribution >= 0.6 is 11.6 Å². The molecule has 0 heterocycles. The molecule has 5 nitrogen and oxygen atoms in total. The summed E-state index contributed by atoms with van der Waals surface area (Å²) < 4.78 is 38.6. The Kier molecular flexibility index (Phi) is 7.04. The van der Waals surface area contributed by atoms with E-state index in [2.05, 4.69) is 10.6 Å². The molecule has 9 heteroatoms. The number of amides is 2. The van der Waals surface area contributed by atoms with Crippen molar-refractivity contribution >= 4 is 34.8 Å². The fraction of sp³-hybridized carbons (Fsp3) is 0.263. The summed E-state index contributed by atoms with van der Waals surface area (Å²) in [5, 5.41) is 4.67. The first-order valence-electron chi connectivity index (χ1n) is 8.39. The summed E-state index contributed by atoms with van der Waals surface area (Å²) in [6.07, 6.45) is -4.62. The van der Waals surface area contributed by atoms with Gasteiger partial charge in [-0.3, -0.25) is 9.59 Å². The van der Waals surface area contributed by atoms with Gasteiger partial charge in [-0.15, -0.1) is 0 Å². The summed E-state index contributed by atoms with van der Waals surface area (Å²) in [6.45, 7) is 1.86. The van der Waals surface area contributed by atoms with E-state index in [9.17, 15) is 22.8 Å². The quantitative estimate of drug-likeness (QED) is 0.680. The van der Waals surface area contributed by atoms with Gasteiger partial charge in [0.2, 0.25) is 0 Å². The number of benzene rings is 2. The van der Waals surface area contributed by atoms with Crippen molar-refractivity contribution in [2.75, 3.05) is 30.8 Å². The molecule has 0 aliphatic rings. The summed E-state index contributed by atoms with van der Waals surface area (Å²) in [5.74, 6) is -0.795. The van der Waals surface area contributed by atoms with Gasteiger partial charge in [0.1, 0.15) is 0 Å². The Balaban J connectivity index is 1.88. The van der Waals surface area contributed by atoms with E-state index in [0.29, 0.717) is 10.6 Å². The number of anilines is 2. The number of nitrogens with one attached hydrogen (secondary N) is 3. The number of aryl methyl sites for hydroxylation is 1. The predicted molar refractivity (Wildman–Crippen MR) is 102 cm³/mol. The molecule has 0 saturated carbocycles. The minimum Gasteiger partial charge on any atom is -0.322 e. The van der Waals surface area contributed by atoms with Crippen LogP contribution in [-0.4, -0.2) is 32.0 Å². The second-order valence-corrected chi connectivity index (χ2v) is 6.87. The first-order valence-corrected chi connectivity index (χ1v) is 8.77. The monoisotopic (exact) mass is 414 g/mol. The van der Waals surface area contributed by atoms with Crippen molar-refractivity contribution in [2.45, 2.75) is 13.1 Å². The highest BCUT2D eigenvalue weighted by molar-refractivity contribution is 6.31. The molecule has 0 aliphatic heterocycles. The highest BCUT2D eigenvalue weighted by Gasteiger charge is 2.33. The van der Waals surface area contributed by atoms with E-state index in [1.54, 1.807) is 19.2 Å². The smallest absolute Gasteiger partial charge is 0.322 e. The van der Waals surface area contributed by atoms with Gasteiger partial charge in [0, 0.05) is 11.4 Å². The van der Waals surface area contributed by atoms with Gasteiger partial charge in [-0.1, -0.05) is 29.3 Å². The van der Waals surface area contributed by atoms with Crippen LogP contribution in [0, 0.1) is 6.92 Å². The highest BCUT2D eigenvalue weighted by atomic mass is 35.5. The number of carbonyl (C=O) groups excluding carboxylic acids is 2. The van der Waals surface area contributed by atoms with Crippen molar-refractivity contribution in [1.29, 1.82) is 0 Å². The molecule has 150 valence electrons. The second-order valence-electron chi connectivity index (χ2n) is 6.47. The normalized spacial score (nSPS) is 12.4. The van der Waals surface area contributed by atoms with Gasteiger partial charge in [0.25, 0.3) is 11.8 Å². The van der Waals surface area contributed by atoms with Gasteiger partial charge in [0.15, 0.2) is 13.1 Å². The third kappa shape index (κ3) is 6.54. The van der Waals surface area contributed by atoms with E-state index in [1.807, 2.05) is 19.1 Å². The molecule has 0 aliphatic carbocycles. The van der Waals surface area contributed by atoms with Crippen LogP contribution in [-0.2, 0) is 15.8 Å². The fourth-order valence-electron chi connectivity index (χ4n) is 2.48. The van der Waals surface area contributed by atoms with E-state index < -0.39 is 22.7 Å². The molecule has 0 aromatic heterocycles. The number of halogens is 4. The Morgan fingerprint density at radius 1 is 0.964 bits per heavy atom. The fourth-order valence-corrected chi connectivity index (χ4v) is 2.70. The lowest BCUT2D eigenvalue weighted by Gasteiger charge is -2.15. The van der Waals surface area contributed by atoms with Crippen molar-refractivity contribution in [2.24, 2.45) is 0 Å². The van der Waals surface area contributed by atoms with Crippen LogP contribution < -0.4 is 15.5 Å². The number of quaternary nitrogens is 1. The van der Waals surface area contributed by atoms with Crippen LogP contribution in [0.15, 0.2) is 42.5 Å². The minimum absolute atomic E-state index is 0.0152. The zero-order chi connectivity index (χ0) is 20.9. The zero-order valence-electron chi connectivity index (χ0n) is 15.3. The average molecular weight is 415 g/mol. The first-order chi connectivity index (χ1) is 13.0. The summed E-state index contributed by atoms with van der Waals surface area (Å²) >= 11 is 5.55. The van der Waals surface area contributed by atoms with Crippen molar-refractivity contribution in [3.8, 4) is 0 Å². The van der Waals surface area contributed by atoms with Gasteiger partial charge < -0.3 is 15.5 Å². The lowest BCUT2D eigenvalue weighted by molar-refractivity contribution is -0.862. The lowest BCUT2D eigenvalue weighted by atomic mass is 10.2.